The first kappa shape index (κ1) is 22.9. The Morgan fingerprint density at radius 1 is 1.07 bits per heavy atom. The van der Waals surface area contributed by atoms with Gasteiger partial charge in [-0.1, -0.05) is 32.4 Å². The zero-order valence-corrected chi connectivity index (χ0v) is 18.3. The summed E-state index contributed by atoms with van der Waals surface area (Å²) < 4.78 is 32.4. The Morgan fingerprint density at radius 2 is 1.69 bits per heavy atom. The van der Waals surface area contributed by atoms with Gasteiger partial charge in [0.05, 0.1) is 12.0 Å². The first-order chi connectivity index (χ1) is 13.8. The lowest BCUT2D eigenvalue weighted by atomic mass is 10.1. The summed E-state index contributed by atoms with van der Waals surface area (Å²) in [7, 11) is -2.09. The first-order valence-electron chi connectivity index (χ1n) is 9.85. The molecule has 0 saturated carbocycles. The number of benzene rings is 2. The van der Waals surface area contributed by atoms with Gasteiger partial charge in [0.25, 0.3) is 5.91 Å². The van der Waals surface area contributed by atoms with E-state index in [1.54, 1.807) is 55.5 Å². The van der Waals surface area contributed by atoms with Crippen LogP contribution < -0.4 is 10.1 Å². The number of nitrogens with zero attached hydrogens (tertiary/aromatic N) is 1. The highest BCUT2D eigenvalue weighted by Gasteiger charge is 2.23. The Kier molecular flexibility index (Phi) is 8.22. The number of hydrogen-bond acceptors (Lipinski definition) is 4. The summed E-state index contributed by atoms with van der Waals surface area (Å²) in [4.78, 5) is 12.5. The van der Waals surface area contributed by atoms with Crippen molar-refractivity contribution in [3.63, 3.8) is 0 Å². The summed E-state index contributed by atoms with van der Waals surface area (Å²) >= 11 is 0. The highest BCUT2D eigenvalue weighted by molar-refractivity contribution is 7.89. The number of methoxy groups -OCH3 is 1. The third kappa shape index (κ3) is 6.05. The van der Waals surface area contributed by atoms with Crippen LogP contribution >= 0.6 is 0 Å². The van der Waals surface area contributed by atoms with Crippen LogP contribution in [0.1, 0.15) is 49.5 Å². The van der Waals surface area contributed by atoms with Crippen molar-refractivity contribution in [1.82, 2.24) is 9.62 Å². The molecule has 0 heterocycles. The van der Waals surface area contributed by atoms with Crippen LogP contribution in [-0.2, 0) is 16.6 Å². The van der Waals surface area contributed by atoms with Crippen LogP contribution in [0.4, 0.5) is 0 Å². The van der Waals surface area contributed by atoms with E-state index >= 15 is 0 Å². The van der Waals surface area contributed by atoms with Gasteiger partial charge in [-0.15, -0.1) is 0 Å². The Labute approximate surface area is 173 Å². The van der Waals surface area contributed by atoms with E-state index in [0.29, 0.717) is 17.9 Å². The average Bonchev–Trinajstić information content (AvgIpc) is 2.72. The second-order valence-electron chi connectivity index (χ2n) is 6.97. The quantitative estimate of drug-likeness (QED) is 0.636. The molecule has 0 bridgehead atoms. The summed E-state index contributed by atoms with van der Waals surface area (Å²) in [5.41, 5.74) is 1.39. The summed E-state index contributed by atoms with van der Waals surface area (Å²) in [6.45, 7) is 6.44. The molecule has 6 nitrogen and oxygen atoms in total. The maximum atomic E-state index is 12.9. The molecule has 0 aromatic heterocycles. The molecule has 29 heavy (non-hydrogen) atoms. The van der Waals surface area contributed by atoms with Gasteiger partial charge in [0.15, 0.2) is 0 Å². The van der Waals surface area contributed by atoms with Gasteiger partial charge in [-0.2, -0.15) is 4.31 Å². The van der Waals surface area contributed by atoms with Crippen LogP contribution in [0, 0.1) is 0 Å². The van der Waals surface area contributed by atoms with Gasteiger partial charge in [-0.3, -0.25) is 4.79 Å². The normalized spacial score (nSPS) is 12.6. The zero-order chi connectivity index (χ0) is 21.4. The zero-order valence-electron chi connectivity index (χ0n) is 17.5. The molecule has 158 valence electrons. The smallest absolute Gasteiger partial charge is 0.251 e. The first-order valence-corrected chi connectivity index (χ1v) is 11.3. The van der Waals surface area contributed by atoms with Crippen molar-refractivity contribution in [2.75, 3.05) is 13.7 Å². The molecule has 0 spiro atoms. The predicted molar refractivity (Wildman–Crippen MR) is 115 cm³/mol. The average molecular weight is 419 g/mol. The van der Waals surface area contributed by atoms with Gasteiger partial charge in [0.2, 0.25) is 10.0 Å². The van der Waals surface area contributed by atoms with Crippen LogP contribution in [0.25, 0.3) is 0 Å². The molecule has 0 aliphatic rings. The Hall–Kier alpha value is -2.38. The minimum Gasteiger partial charge on any atom is -0.497 e. The minimum absolute atomic E-state index is 0.115. The fraction of sp³-hybridized carbons (Fsp3) is 0.409. The summed E-state index contributed by atoms with van der Waals surface area (Å²) in [5.74, 6) is 0.491. The molecule has 7 heteroatoms. The molecule has 0 aliphatic carbocycles. The van der Waals surface area contributed by atoms with Crippen molar-refractivity contribution in [2.45, 2.75) is 51.1 Å². The molecule has 0 radical (unpaired) electrons. The predicted octanol–water partition coefficient (Wildman–Crippen LogP) is 3.82. The van der Waals surface area contributed by atoms with E-state index in [-0.39, 0.29) is 23.4 Å². The lowest BCUT2D eigenvalue weighted by molar-refractivity contribution is 0.0938. The van der Waals surface area contributed by atoms with E-state index < -0.39 is 10.0 Å². The van der Waals surface area contributed by atoms with Crippen molar-refractivity contribution < 1.29 is 17.9 Å². The van der Waals surface area contributed by atoms with Gasteiger partial charge in [-0.05, 0) is 55.3 Å². The largest absolute Gasteiger partial charge is 0.497 e. The van der Waals surface area contributed by atoms with Crippen molar-refractivity contribution in [1.29, 1.82) is 0 Å². The van der Waals surface area contributed by atoms with Crippen molar-refractivity contribution >= 4 is 15.9 Å². The number of amides is 1. The number of rotatable bonds is 10. The topological polar surface area (TPSA) is 75.7 Å². The maximum absolute atomic E-state index is 12.9. The van der Waals surface area contributed by atoms with Gasteiger partial charge >= 0.3 is 0 Å². The molecule has 2 aromatic rings. The molecule has 0 aliphatic heterocycles. The second kappa shape index (κ2) is 10.4. The standard InChI is InChI=1S/C22H30N2O4S/c1-5-7-17(3)23-22(25)19-10-8-18(9-11-19)16-24(6-2)29(26,27)21-14-12-20(28-4)13-15-21/h8-15,17H,5-7,16H2,1-4H3,(H,23,25)/t17-/m1/s1. The Bertz CT molecular complexity index is 893. The van der Waals surface area contributed by atoms with Crippen molar-refractivity contribution in [2.24, 2.45) is 0 Å². The lowest BCUT2D eigenvalue weighted by Crippen LogP contribution is -2.32. The van der Waals surface area contributed by atoms with E-state index in [4.69, 9.17) is 4.74 Å². The Morgan fingerprint density at radius 3 is 2.21 bits per heavy atom. The number of sulfonamides is 1. The van der Waals surface area contributed by atoms with Crippen LogP contribution in [0.2, 0.25) is 0 Å². The number of ether oxygens (including phenoxy) is 1. The molecular weight excluding hydrogens is 388 g/mol. The fourth-order valence-corrected chi connectivity index (χ4v) is 4.48. The molecule has 2 aromatic carbocycles. The molecule has 0 fully saturated rings. The fourth-order valence-electron chi connectivity index (χ4n) is 3.04. The van der Waals surface area contributed by atoms with Crippen LogP contribution in [-0.4, -0.2) is 38.3 Å². The Balaban J connectivity index is 2.11. The summed E-state index contributed by atoms with van der Waals surface area (Å²) in [6.07, 6.45) is 1.94. The number of hydrogen-bond donors (Lipinski definition) is 1. The SMILES string of the molecule is CCC[C@@H](C)NC(=O)c1ccc(CN(CC)S(=O)(=O)c2ccc(OC)cc2)cc1. The van der Waals surface area contributed by atoms with Crippen molar-refractivity contribution in [3.05, 3.63) is 59.7 Å². The molecule has 0 unspecified atom stereocenters. The van der Waals surface area contributed by atoms with E-state index in [1.165, 1.54) is 11.4 Å². The van der Waals surface area contributed by atoms with Gasteiger partial charge in [0, 0.05) is 24.7 Å². The van der Waals surface area contributed by atoms with Crippen LogP contribution in [0.15, 0.2) is 53.4 Å². The molecule has 1 amide bonds. The van der Waals surface area contributed by atoms with E-state index in [2.05, 4.69) is 12.2 Å². The van der Waals surface area contributed by atoms with Crippen LogP contribution in [0.5, 0.6) is 5.75 Å². The third-order valence-corrected chi connectivity index (χ3v) is 6.66. The highest BCUT2D eigenvalue weighted by Crippen LogP contribution is 2.21. The third-order valence-electron chi connectivity index (χ3n) is 4.72. The van der Waals surface area contributed by atoms with Gasteiger partial charge in [0.1, 0.15) is 5.75 Å². The van der Waals surface area contributed by atoms with Crippen LogP contribution in [0.3, 0.4) is 0 Å². The molecule has 2 rings (SSSR count). The number of carbonyl (C=O) groups excluding carboxylic acids is 1. The highest BCUT2D eigenvalue weighted by atomic mass is 32.2. The van der Waals surface area contributed by atoms with Gasteiger partial charge in [-0.25, -0.2) is 8.42 Å². The lowest BCUT2D eigenvalue weighted by Gasteiger charge is -2.21. The molecule has 1 N–H and O–H groups in total. The van der Waals surface area contributed by atoms with Gasteiger partial charge < -0.3 is 10.1 Å². The van der Waals surface area contributed by atoms with E-state index in [9.17, 15) is 13.2 Å². The summed E-state index contributed by atoms with van der Waals surface area (Å²) in [5, 5.41) is 2.97. The molecule has 0 saturated heterocycles. The second-order valence-corrected chi connectivity index (χ2v) is 8.90. The number of nitrogens with one attached hydrogen (secondary N) is 1. The molecule has 1 atom stereocenters. The number of carbonyl (C=O) groups is 1. The molecular formula is C22H30N2O4S. The summed E-state index contributed by atoms with van der Waals surface area (Å²) in [6, 6.07) is 13.5. The van der Waals surface area contributed by atoms with E-state index in [1.807, 2.05) is 6.92 Å². The van der Waals surface area contributed by atoms with Crippen molar-refractivity contribution in [3.8, 4) is 5.75 Å². The van der Waals surface area contributed by atoms with E-state index in [0.717, 1.165) is 18.4 Å². The maximum Gasteiger partial charge on any atom is 0.251 e. The monoisotopic (exact) mass is 418 g/mol. The minimum atomic E-state index is -3.62.